The highest BCUT2D eigenvalue weighted by Crippen LogP contribution is 2.24. The summed E-state index contributed by atoms with van der Waals surface area (Å²) in [5.41, 5.74) is 2.40. The van der Waals surface area contributed by atoms with Crippen LogP contribution in [0.1, 0.15) is 24.2 Å². The molecule has 1 heterocycles. The second kappa shape index (κ2) is 9.75. The van der Waals surface area contributed by atoms with Gasteiger partial charge >= 0.3 is 0 Å². The minimum Gasteiger partial charge on any atom is -0.329 e. The number of nitrogens with one attached hydrogen (secondary N) is 1. The standard InChI is InChI=1S/C26H25N3O2S/c1-18(2)15-29(25(31)22-13-12-19-8-6-7-11-21(19)14-22)16-24(30)28-26-27-23(17-32-26)20-9-4-3-5-10-20/h3-14,17-18H,15-16H2,1-2H3,(H,27,28,30). The zero-order valence-corrected chi connectivity index (χ0v) is 18.9. The summed E-state index contributed by atoms with van der Waals surface area (Å²) in [6.45, 7) is 4.54. The summed E-state index contributed by atoms with van der Waals surface area (Å²) < 4.78 is 0. The molecule has 0 aliphatic heterocycles. The fraction of sp³-hybridized carbons (Fsp3) is 0.192. The quantitative estimate of drug-likeness (QED) is 0.398. The zero-order valence-electron chi connectivity index (χ0n) is 18.1. The summed E-state index contributed by atoms with van der Waals surface area (Å²) in [5.74, 6) is -0.172. The molecule has 32 heavy (non-hydrogen) atoms. The Morgan fingerprint density at radius 1 is 0.969 bits per heavy atom. The Morgan fingerprint density at radius 3 is 2.44 bits per heavy atom. The smallest absolute Gasteiger partial charge is 0.254 e. The molecule has 0 atom stereocenters. The van der Waals surface area contributed by atoms with Crippen molar-refractivity contribution in [3.05, 3.63) is 83.7 Å². The number of carbonyl (C=O) groups excluding carboxylic acids is 2. The molecule has 0 aliphatic rings. The summed E-state index contributed by atoms with van der Waals surface area (Å²) in [6, 6.07) is 23.4. The van der Waals surface area contributed by atoms with Crippen molar-refractivity contribution in [1.29, 1.82) is 0 Å². The molecular formula is C26H25N3O2S. The van der Waals surface area contributed by atoms with Crippen LogP contribution in [-0.4, -0.2) is 34.8 Å². The molecule has 5 nitrogen and oxygen atoms in total. The van der Waals surface area contributed by atoms with Gasteiger partial charge in [-0.05, 0) is 28.8 Å². The van der Waals surface area contributed by atoms with E-state index < -0.39 is 0 Å². The van der Waals surface area contributed by atoms with E-state index in [9.17, 15) is 9.59 Å². The van der Waals surface area contributed by atoms with Crippen LogP contribution >= 0.6 is 11.3 Å². The SMILES string of the molecule is CC(C)CN(CC(=O)Nc1nc(-c2ccccc2)cs1)C(=O)c1ccc2ccccc2c1. The van der Waals surface area contributed by atoms with Gasteiger partial charge in [0.1, 0.15) is 6.54 Å². The zero-order chi connectivity index (χ0) is 22.5. The molecule has 0 bridgehead atoms. The molecule has 2 amide bonds. The molecular weight excluding hydrogens is 418 g/mol. The lowest BCUT2D eigenvalue weighted by Crippen LogP contribution is -2.40. The molecule has 0 fully saturated rings. The van der Waals surface area contributed by atoms with Gasteiger partial charge in [-0.15, -0.1) is 11.3 Å². The van der Waals surface area contributed by atoms with E-state index in [2.05, 4.69) is 10.3 Å². The Hall–Kier alpha value is -3.51. The van der Waals surface area contributed by atoms with E-state index in [1.54, 1.807) is 4.90 Å². The van der Waals surface area contributed by atoms with Crippen LogP contribution in [0.2, 0.25) is 0 Å². The monoisotopic (exact) mass is 443 g/mol. The average Bonchev–Trinajstić information content (AvgIpc) is 3.26. The fourth-order valence-corrected chi connectivity index (χ4v) is 4.31. The van der Waals surface area contributed by atoms with Gasteiger partial charge in [0, 0.05) is 23.1 Å². The molecule has 0 radical (unpaired) electrons. The summed E-state index contributed by atoms with van der Waals surface area (Å²) in [7, 11) is 0. The minimum atomic E-state index is -0.256. The number of rotatable bonds is 7. The van der Waals surface area contributed by atoms with Crippen molar-refractivity contribution >= 4 is 39.1 Å². The Morgan fingerprint density at radius 2 is 1.69 bits per heavy atom. The van der Waals surface area contributed by atoms with Crippen LogP contribution in [0.3, 0.4) is 0 Å². The second-order valence-electron chi connectivity index (χ2n) is 8.09. The van der Waals surface area contributed by atoms with Gasteiger partial charge in [-0.2, -0.15) is 0 Å². The van der Waals surface area contributed by atoms with Gasteiger partial charge in [0.25, 0.3) is 5.91 Å². The number of aromatic nitrogens is 1. The number of benzene rings is 3. The number of fused-ring (bicyclic) bond motifs is 1. The van der Waals surface area contributed by atoms with Crippen molar-refractivity contribution in [2.24, 2.45) is 5.92 Å². The lowest BCUT2D eigenvalue weighted by Gasteiger charge is -2.24. The van der Waals surface area contributed by atoms with E-state index in [-0.39, 0.29) is 24.3 Å². The first-order valence-electron chi connectivity index (χ1n) is 10.6. The summed E-state index contributed by atoms with van der Waals surface area (Å²) >= 11 is 1.37. The Bertz CT molecular complexity index is 1230. The van der Waals surface area contributed by atoms with Crippen molar-refractivity contribution < 1.29 is 9.59 Å². The molecule has 3 aromatic carbocycles. The molecule has 4 aromatic rings. The van der Waals surface area contributed by atoms with Crippen LogP contribution in [0.15, 0.2) is 78.2 Å². The van der Waals surface area contributed by atoms with E-state index in [1.807, 2.05) is 92.0 Å². The van der Waals surface area contributed by atoms with Crippen LogP contribution < -0.4 is 5.32 Å². The van der Waals surface area contributed by atoms with Gasteiger partial charge in [-0.3, -0.25) is 9.59 Å². The van der Waals surface area contributed by atoms with E-state index in [4.69, 9.17) is 0 Å². The molecule has 162 valence electrons. The third-order valence-electron chi connectivity index (χ3n) is 5.02. The lowest BCUT2D eigenvalue weighted by atomic mass is 10.1. The largest absolute Gasteiger partial charge is 0.329 e. The third kappa shape index (κ3) is 5.21. The predicted molar refractivity (Wildman–Crippen MR) is 131 cm³/mol. The van der Waals surface area contributed by atoms with E-state index in [1.165, 1.54) is 11.3 Å². The highest BCUT2D eigenvalue weighted by Gasteiger charge is 2.21. The maximum atomic E-state index is 13.2. The van der Waals surface area contributed by atoms with Gasteiger partial charge in [-0.25, -0.2) is 4.98 Å². The van der Waals surface area contributed by atoms with Crippen LogP contribution in [0.4, 0.5) is 5.13 Å². The Kier molecular flexibility index (Phi) is 6.61. The number of carbonyl (C=O) groups is 2. The van der Waals surface area contributed by atoms with E-state index in [0.29, 0.717) is 17.2 Å². The molecule has 4 rings (SSSR count). The molecule has 0 saturated heterocycles. The number of hydrogen-bond acceptors (Lipinski definition) is 4. The summed E-state index contributed by atoms with van der Waals surface area (Å²) in [5, 5.41) is 7.37. The van der Waals surface area contributed by atoms with Crippen molar-refractivity contribution in [3.8, 4) is 11.3 Å². The first-order valence-corrected chi connectivity index (χ1v) is 11.5. The molecule has 0 aliphatic carbocycles. The molecule has 0 spiro atoms. The normalized spacial score (nSPS) is 11.0. The third-order valence-corrected chi connectivity index (χ3v) is 5.78. The van der Waals surface area contributed by atoms with Crippen molar-refractivity contribution in [2.75, 3.05) is 18.4 Å². The average molecular weight is 444 g/mol. The summed E-state index contributed by atoms with van der Waals surface area (Å²) in [6.07, 6.45) is 0. The molecule has 1 aromatic heterocycles. The Labute approximate surface area is 191 Å². The maximum absolute atomic E-state index is 13.2. The second-order valence-corrected chi connectivity index (χ2v) is 8.95. The molecule has 1 N–H and O–H groups in total. The van der Waals surface area contributed by atoms with Gasteiger partial charge in [0.05, 0.1) is 5.69 Å². The molecule has 0 saturated carbocycles. The van der Waals surface area contributed by atoms with Crippen molar-refractivity contribution in [1.82, 2.24) is 9.88 Å². The Balaban J connectivity index is 1.47. The van der Waals surface area contributed by atoms with Gasteiger partial charge in [-0.1, -0.05) is 74.5 Å². The van der Waals surface area contributed by atoms with Gasteiger partial charge < -0.3 is 10.2 Å². The molecule has 0 unspecified atom stereocenters. The highest BCUT2D eigenvalue weighted by molar-refractivity contribution is 7.14. The molecule has 6 heteroatoms. The first-order chi connectivity index (χ1) is 15.5. The van der Waals surface area contributed by atoms with E-state index in [0.717, 1.165) is 22.0 Å². The lowest BCUT2D eigenvalue weighted by molar-refractivity contribution is -0.117. The minimum absolute atomic E-state index is 0.0237. The first kappa shape index (κ1) is 21.7. The number of hydrogen-bond donors (Lipinski definition) is 1. The number of anilines is 1. The van der Waals surface area contributed by atoms with Crippen LogP contribution in [-0.2, 0) is 4.79 Å². The fourth-order valence-electron chi connectivity index (χ4n) is 3.57. The van der Waals surface area contributed by atoms with Crippen LogP contribution in [0, 0.1) is 5.92 Å². The maximum Gasteiger partial charge on any atom is 0.254 e. The highest BCUT2D eigenvalue weighted by atomic mass is 32.1. The summed E-state index contributed by atoms with van der Waals surface area (Å²) in [4.78, 5) is 32.1. The number of thiazole rings is 1. The van der Waals surface area contributed by atoms with Crippen molar-refractivity contribution in [3.63, 3.8) is 0 Å². The topological polar surface area (TPSA) is 62.3 Å². The van der Waals surface area contributed by atoms with Gasteiger partial charge in [0.2, 0.25) is 5.91 Å². The number of nitrogens with zero attached hydrogens (tertiary/aromatic N) is 2. The number of amides is 2. The van der Waals surface area contributed by atoms with Crippen LogP contribution in [0.25, 0.3) is 22.0 Å². The van der Waals surface area contributed by atoms with Crippen molar-refractivity contribution in [2.45, 2.75) is 13.8 Å². The predicted octanol–water partition coefficient (Wildman–Crippen LogP) is 5.70. The van der Waals surface area contributed by atoms with Crippen LogP contribution in [0.5, 0.6) is 0 Å². The van der Waals surface area contributed by atoms with E-state index >= 15 is 0 Å². The van der Waals surface area contributed by atoms with Gasteiger partial charge in [0.15, 0.2) is 5.13 Å².